The second kappa shape index (κ2) is 5.15. The number of hydrogen-bond acceptors (Lipinski definition) is 3. The van der Waals surface area contributed by atoms with Crippen LogP contribution >= 0.6 is 0 Å². The van der Waals surface area contributed by atoms with Gasteiger partial charge < -0.3 is 9.84 Å². The minimum atomic E-state index is -1.71. The summed E-state index contributed by atoms with van der Waals surface area (Å²) < 4.78 is 4.78. The van der Waals surface area contributed by atoms with E-state index in [0.29, 0.717) is 22.3 Å². The highest BCUT2D eigenvalue weighted by Crippen LogP contribution is 2.64. The predicted octanol–water partition coefficient (Wildman–Crippen LogP) is 2.86. The van der Waals surface area contributed by atoms with Gasteiger partial charge in [0.15, 0.2) is 0 Å². The lowest BCUT2D eigenvalue weighted by atomic mass is 9.92. The summed E-state index contributed by atoms with van der Waals surface area (Å²) in [5, 5.41) is 9.73. The lowest BCUT2D eigenvalue weighted by molar-refractivity contribution is -0.156. The summed E-state index contributed by atoms with van der Waals surface area (Å²) in [6.07, 6.45) is 0. The Labute approximate surface area is 127 Å². The maximum Gasteiger partial charge on any atom is 0.332 e. The molecule has 0 radical (unpaired) electrons. The lowest BCUT2D eigenvalue weighted by Gasteiger charge is -2.13. The number of hydrogen-bond donors (Lipinski definition) is 1. The molecular formula is C18H14O4. The van der Waals surface area contributed by atoms with E-state index in [4.69, 9.17) is 4.74 Å². The van der Waals surface area contributed by atoms with Crippen molar-refractivity contribution in [2.45, 2.75) is 0 Å². The van der Waals surface area contributed by atoms with Crippen LogP contribution in [0.3, 0.4) is 0 Å². The smallest absolute Gasteiger partial charge is 0.332 e. The third kappa shape index (κ3) is 1.84. The summed E-state index contributed by atoms with van der Waals surface area (Å²) in [4.78, 5) is 24.2. The van der Waals surface area contributed by atoms with Crippen molar-refractivity contribution in [2.24, 2.45) is 5.41 Å². The fraction of sp³-hybridized carbons (Fsp3) is 0.111. The number of rotatable bonds is 4. The van der Waals surface area contributed by atoms with Crippen LogP contribution in [0.1, 0.15) is 11.1 Å². The molecule has 0 atom stereocenters. The van der Waals surface area contributed by atoms with Crippen molar-refractivity contribution < 1.29 is 19.4 Å². The predicted molar refractivity (Wildman–Crippen MR) is 81.8 cm³/mol. The molecule has 1 N–H and O–H groups in total. The van der Waals surface area contributed by atoms with Gasteiger partial charge in [-0.3, -0.25) is 9.59 Å². The van der Waals surface area contributed by atoms with Gasteiger partial charge >= 0.3 is 11.9 Å². The molecule has 0 saturated heterocycles. The Morgan fingerprint density at radius 3 is 1.59 bits per heavy atom. The van der Waals surface area contributed by atoms with E-state index in [9.17, 15) is 14.7 Å². The van der Waals surface area contributed by atoms with E-state index in [1.165, 1.54) is 7.11 Å². The van der Waals surface area contributed by atoms with Crippen molar-refractivity contribution in [3.8, 4) is 0 Å². The number of aliphatic carboxylic acids is 1. The van der Waals surface area contributed by atoms with E-state index in [1.807, 2.05) is 36.4 Å². The first-order valence-electron chi connectivity index (χ1n) is 6.82. The summed E-state index contributed by atoms with van der Waals surface area (Å²) in [5.74, 6) is -1.98. The Hall–Kier alpha value is -2.88. The van der Waals surface area contributed by atoms with Crippen molar-refractivity contribution in [2.75, 3.05) is 7.11 Å². The quantitative estimate of drug-likeness (QED) is 0.695. The fourth-order valence-electron chi connectivity index (χ4n) is 2.87. The number of carboxylic acids is 1. The molecule has 0 spiro atoms. The van der Waals surface area contributed by atoms with E-state index < -0.39 is 17.4 Å². The van der Waals surface area contributed by atoms with Crippen LogP contribution in [-0.4, -0.2) is 24.2 Å². The Kier molecular flexibility index (Phi) is 3.29. The molecule has 1 aliphatic rings. The molecule has 0 bridgehead atoms. The van der Waals surface area contributed by atoms with Crippen LogP contribution in [0.25, 0.3) is 11.1 Å². The van der Waals surface area contributed by atoms with Crippen molar-refractivity contribution >= 4 is 23.1 Å². The van der Waals surface area contributed by atoms with Crippen molar-refractivity contribution in [1.29, 1.82) is 0 Å². The standard InChI is InChI=1S/C18H14O4/c1-22-17(21)18(16(19)20)14(12-8-4-2-5-9-12)15(18)13-10-6-3-7-11-13/h2-11H,1H3,(H,19,20). The second-order valence-electron chi connectivity index (χ2n) is 5.03. The van der Waals surface area contributed by atoms with E-state index in [0.717, 1.165) is 0 Å². The number of ether oxygens (including phenoxy) is 1. The molecule has 4 nitrogen and oxygen atoms in total. The highest BCUT2D eigenvalue weighted by atomic mass is 16.5. The Morgan fingerprint density at radius 1 is 0.864 bits per heavy atom. The molecule has 110 valence electrons. The summed E-state index contributed by atoms with van der Waals surface area (Å²) in [5.41, 5.74) is 0.720. The molecule has 0 unspecified atom stereocenters. The number of methoxy groups -OCH3 is 1. The van der Waals surface area contributed by atoms with Gasteiger partial charge in [-0.25, -0.2) is 0 Å². The summed E-state index contributed by atoms with van der Waals surface area (Å²) in [6.45, 7) is 0. The highest BCUT2D eigenvalue weighted by Gasteiger charge is 2.67. The zero-order valence-corrected chi connectivity index (χ0v) is 11.9. The van der Waals surface area contributed by atoms with Crippen LogP contribution in [0, 0.1) is 5.41 Å². The van der Waals surface area contributed by atoms with Gasteiger partial charge in [0, 0.05) is 0 Å². The normalized spacial score (nSPS) is 15.3. The molecule has 0 aliphatic heterocycles. The molecule has 0 aromatic heterocycles. The minimum absolute atomic E-state index is 0.499. The maximum absolute atomic E-state index is 12.3. The first-order chi connectivity index (χ1) is 10.6. The average Bonchev–Trinajstić information content (AvgIpc) is 3.27. The van der Waals surface area contributed by atoms with Gasteiger partial charge in [0.25, 0.3) is 0 Å². The molecular weight excluding hydrogens is 280 g/mol. The lowest BCUT2D eigenvalue weighted by Crippen LogP contribution is -2.31. The van der Waals surface area contributed by atoms with Crippen molar-refractivity contribution in [1.82, 2.24) is 0 Å². The minimum Gasteiger partial charge on any atom is -0.480 e. The van der Waals surface area contributed by atoms with E-state index in [-0.39, 0.29) is 0 Å². The van der Waals surface area contributed by atoms with Gasteiger partial charge in [-0.1, -0.05) is 60.7 Å². The van der Waals surface area contributed by atoms with Crippen LogP contribution in [0.15, 0.2) is 60.7 Å². The Bertz CT molecular complexity index is 711. The molecule has 22 heavy (non-hydrogen) atoms. The summed E-state index contributed by atoms with van der Waals surface area (Å²) >= 11 is 0. The molecule has 2 aromatic rings. The Morgan fingerprint density at radius 2 is 1.27 bits per heavy atom. The molecule has 3 rings (SSSR count). The third-order valence-electron chi connectivity index (χ3n) is 3.87. The molecule has 2 aromatic carbocycles. The topological polar surface area (TPSA) is 63.6 Å². The highest BCUT2D eigenvalue weighted by molar-refractivity contribution is 6.38. The first kappa shape index (κ1) is 14.1. The van der Waals surface area contributed by atoms with Gasteiger partial charge in [0.05, 0.1) is 7.11 Å². The molecule has 0 amide bonds. The van der Waals surface area contributed by atoms with Crippen molar-refractivity contribution in [3.63, 3.8) is 0 Å². The monoisotopic (exact) mass is 294 g/mol. The van der Waals surface area contributed by atoms with Gasteiger partial charge in [-0.05, 0) is 22.3 Å². The fourth-order valence-corrected chi connectivity index (χ4v) is 2.87. The number of carbonyl (C=O) groups is 2. The molecule has 0 saturated carbocycles. The molecule has 1 aliphatic carbocycles. The third-order valence-corrected chi connectivity index (χ3v) is 3.87. The number of carbonyl (C=O) groups excluding carboxylic acids is 1. The number of esters is 1. The van der Waals surface area contributed by atoms with Gasteiger partial charge in [-0.2, -0.15) is 0 Å². The van der Waals surface area contributed by atoms with Gasteiger partial charge in [0.1, 0.15) is 0 Å². The number of benzene rings is 2. The van der Waals surface area contributed by atoms with Crippen LogP contribution in [0.2, 0.25) is 0 Å². The molecule has 0 heterocycles. The average molecular weight is 294 g/mol. The van der Waals surface area contributed by atoms with Crippen LogP contribution in [0.5, 0.6) is 0 Å². The van der Waals surface area contributed by atoms with Gasteiger partial charge in [-0.15, -0.1) is 0 Å². The van der Waals surface area contributed by atoms with E-state index >= 15 is 0 Å². The number of carboxylic acid groups (broad SMARTS) is 1. The van der Waals surface area contributed by atoms with Crippen molar-refractivity contribution in [3.05, 3.63) is 71.8 Å². The molecule has 0 fully saturated rings. The maximum atomic E-state index is 12.3. The van der Waals surface area contributed by atoms with Crippen LogP contribution in [-0.2, 0) is 14.3 Å². The Balaban J connectivity index is 2.21. The van der Waals surface area contributed by atoms with Crippen LogP contribution in [0.4, 0.5) is 0 Å². The zero-order valence-electron chi connectivity index (χ0n) is 11.9. The largest absolute Gasteiger partial charge is 0.480 e. The van der Waals surface area contributed by atoms with E-state index in [2.05, 4.69) is 0 Å². The van der Waals surface area contributed by atoms with Gasteiger partial charge in [0.2, 0.25) is 5.41 Å². The second-order valence-corrected chi connectivity index (χ2v) is 5.03. The molecule has 4 heteroatoms. The zero-order chi connectivity index (χ0) is 15.7. The first-order valence-corrected chi connectivity index (χ1v) is 6.82. The van der Waals surface area contributed by atoms with Crippen LogP contribution < -0.4 is 0 Å². The van der Waals surface area contributed by atoms with E-state index in [1.54, 1.807) is 24.3 Å². The summed E-state index contributed by atoms with van der Waals surface area (Å²) in [7, 11) is 1.20. The summed E-state index contributed by atoms with van der Waals surface area (Å²) in [6, 6.07) is 18.1. The SMILES string of the molecule is COC(=O)C1(C(=O)O)C(c2ccccc2)=C1c1ccccc1.